The van der Waals surface area contributed by atoms with E-state index in [0.717, 1.165) is 16.9 Å². The summed E-state index contributed by atoms with van der Waals surface area (Å²) in [6, 6.07) is 8.33. The predicted octanol–water partition coefficient (Wildman–Crippen LogP) is 3.49. The molecule has 1 aromatic carbocycles. The lowest BCUT2D eigenvalue weighted by molar-refractivity contribution is 0.234. The van der Waals surface area contributed by atoms with Crippen LogP contribution in [0, 0.1) is 6.92 Å². The third-order valence-corrected chi connectivity index (χ3v) is 3.04. The maximum absolute atomic E-state index is 5.70. The Morgan fingerprint density at radius 3 is 2.60 bits per heavy atom. The second-order valence-electron chi connectivity index (χ2n) is 5.12. The highest BCUT2D eigenvalue weighted by molar-refractivity contribution is 5.64. The van der Waals surface area contributed by atoms with Crippen LogP contribution in [0.2, 0.25) is 0 Å². The summed E-state index contributed by atoms with van der Waals surface area (Å²) >= 11 is 0. The van der Waals surface area contributed by atoms with E-state index >= 15 is 0 Å². The summed E-state index contributed by atoms with van der Waals surface area (Å²) in [5.41, 5.74) is 4.00. The van der Waals surface area contributed by atoms with Crippen LogP contribution < -0.4 is 4.74 Å². The second-order valence-corrected chi connectivity index (χ2v) is 5.12. The fourth-order valence-corrected chi connectivity index (χ4v) is 2.07. The summed E-state index contributed by atoms with van der Waals surface area (Å²) in [6.07, 6.45) is 5.68. The second kappa shape index (κ2) is 4.96. The minimum absolute atomic E-state index is 0.0771. The molecule has 3 rings (SSSR count). The van der Waals surface area contributed by atoms with Crippen LogP contribution in [-0.2, 0) is 0 Å². The van der Waals surface area contributed by atoms with Gasteiger partial charge in [-0.3, -0.25) is 0 Å². The van der Waals surface area contributed by atoms with Gasteiger partial charge in [0, 0.05) is 24.2 Å². The first-order valence-electron chi connectivity index (χ1n) is 6.71. The highest BCUT2D eigenvalue weighted by Gasteiger charge is 2.11. The lowest BCUT2D eigenvalue weighted by Gasteiger charge is -2.08. The largest absolute Gasteiger partial charge is 0.472 e. The van der Waals surface area contributed by atoms with Crippen LogP contribution in [0.15, 0.2) is 42.9 Å². The molecule has 2 heterocycles. The van der Waals surface area contributed by atoms with Gasteiger partial charge in [0.2, 0.25) is 5.65 Å². The summed E-state index contributed by atoms with van der Waals surface area (Å²) in [5, 5.41) is 0. The third kappa shape index (κ3) is 2.37. The highest BCUT2D eigenvalue weighted by Crippen LogP contribution is 2.23. The molecule has 0 amide bonds. The minimum Gasteiger partial charge on any atom is -0.472 e. The summed E-state index contributed by atoms with van der Waals surface area (Å²) in [6.45, 7) is 6.04. The summed E-state index contributed by atoms with van der Waals surface area (Å²) in [4.78, 5) is 8.90. The standard InChI is InChI=1S/C16H17N3O/c1-11(2)20-16-15-18-14(10-19(15)9-8-17-16)13-6-4-12(3)5-7-13/h4-11H,1-3H3. The maximum Gasteiger partial charge on any atom is 0.258 e. The van der Waals surface area contributed by atoms with E-state index in [9.17, 15) is 0 Å². The number of benzene rings is 1. The molecule has 0 aliphatic carbocycles. The van der Waals surface area contributed by atoms with Gasteiger partial charge in [0.15, 0.2) is 0 Å². The number of aryl methyl sites for hydroxylation is 1. The Labute approximate surface area is 118 Å². The first kappa shape index (κ1) is 12.7. The van der Waals surface area contributed by atoms with Crippen molar-refractivity contribution >= 4 is 5.65 Å². The number of imidazole rings is 1. The molecule has 4 nitrogen and oxygen atoms in total. The number of ether oxygens (including phenoxy) is 1. The molecule has 3 aromatic rings. The zero-order valence-electron chi connectivity index (χ0n) is 11.9. The number of rotatable bonds is 3. The van der Waals surface area contributed by atoms with E-state index in [1.165, 1.54) is 5.56 Å². The molecule has 0 aliphatic heterocycles. The third-order valence-electron chi connectivity index (χ3n) is 3.04. The van der Waals surface area contributed by atoms with Gasteiger partial charge < -0.3 is 9.14 Å². The smallest absolute Gasteiger partial charge is 0.258 e. The molecule has 4 heteroatoms. The Hall–Kier alpha value is -2.36. The summed E-state index contributed by atoms with van der Waals surface area (Å²) in [5.74, 6) is 0.570. The van der Waals surface area contributed by atoms with Gasteiger partial charge in [0.05, 0.1) is 11.8 Å². The van der Waals surface area contributed by atoms with E-state index < -0.39 is 0 Å². The van der Waals surface area contributed by atoms with Gasteiger partial charge >= 0.3 is 0 Å². The van der Waals surface area contributed by atoms with Crippen molar-refractivity contribution in [2.45, 2.75) is 26.9 Å². The number of hydrogen-bond acceptors (Lipinski definition) is 3. The Morgan fingerprint density at radius 1 is 1.15 bits per heavy atom. The van der Waals surface area contributed by atoms with Crippen molar-refractivity contribution in [2.75, 3.05) is 0 Å². The topological polar surface area (TPSA) is 39.4 Å². The average Bonchev–Trinajstić information content (AvgIpc) is 2.84. The summed E-state index contributed by atoms with van der Waals surface area (Å²) in [7, 11) is 0. The SMILES string of the molecule is Cc1ccc(-c2cn3ccnc(OC(C)C)c3n2)cc1. The number of aromatic nitrogens is 3. The number of fused-ring (bicyclic) bond motifs is 1. The van der Waals surface area contributed by atoms with Crippen molar-refractivity contribution in [1.29, 1.82) is 0 Å². The number of hydrogen-bond donors (Lipinski definition) is 0. The Kier molecular flexibility index (Phi) is 3.14. The van der Waals surface area contributed by atoms with Crippen molar-refractivity contribution in [3.8, 4) is 17.1 Å². The van der Waals surface area contributed by atoms with E-state index in [1.807, 2.05) is 30.6 Å². The van der Waals surface area contributed by atoms with Crippen LogP contribution in [0.25, 0.3) is 16.9 Å². The maximum atomic E-state index is 5.70. The van der Waals surface area contributed by atoms with Gasteiger partial charge in [0.1, 0.15) is 0 Å². The van der Waals surface area contributed by atoms with Crippen molar-refractivity contribution in [2.24, 2.45) is 0 Å². The van der Waals surface area contributed by atoms with E-state index in [2.05, 4.69) is 41.2 Å². The lowest BCUT2D eigenvalue weighted by atomic mass is 10.1. The molecule has 20 heavy (non-hydrogen) atoms. The zero-order chi connectivity index (χ0) is 14.1. The Balaban J connectivity index is 2.08. The van der Waals surface area contributed by atoms with Crippen molar-refractivity contribution in [3.63, 3.8) is 0 Å². The van der Waals surface area contributed by atoms with E-state index in [-0.39, 0.29) is 6.10 Å². The molecule has 0 aliphatic rings. The Morgan fingerprint density at radius 2 is 1.90 bits per heavy atom. The van der Waals surface area contributed by atoms with Crippen molar-refractivity contribution in [1.82, 2.24) is 14.4 Å². The van der Waals surface area contributed by atoms with Crippen LogP contribution >= 0.6 is 0 Å². The van der Waals surface area contributed by atoms with Crippen LogP contribution in [0.5, 0.6) is 5.88 Å². The van der Waals surface area contributed by atoms with Gasteiger partial charge in [-0.25, -0.2) is 9.97 Å². The predicted molar refractivity (Wildman–Crippen MR) is 78.9 cm³/mol. The molecule has 0 unspecified atom stereocenters. The van der Waals surface area contributed by atoms with Crippen LogP contribution in [0.4, 0.5) is 0 Å². The monoisotopic (exact) mass is 267 g/mol. The fraction of sp³-hybridized carbons (Fsp3) is 0.250. The molecular formula is C16H17N3O. The van der Waals surface area contributed by atoms with Gasteiger partial charge in [-0.2, -0.15) is 0 Å². The van der Waals surface area contributed by atoms with Crippen molar-refractivity contribution in [3.05, 3.63) is 48.4 Å². The average molecular weight is 267 g/mol. The fourth-order valence-electron chi connectivity index (χ4n) is 2.07. The molecular weight excluding hydrogens is 250 g/mol. The molecule has 0 radical (unpaired) electrons. The normalized spacial score (nSPS) is 11.2. The van der Waals surface area contributed by atoms with E-state index in [1.54, 1.807) is 6.20 Å². The highest BCUT2D eigenvalue weighted by atomic mass is 16.5. The van der Waals surface area contributed by atoms with Gasteiger partial charge in [-0.1, -0.05) is 29.8 Å². The molecule has 0 saturated carbocycles. The van der Waals surface area contributed by atoms with Gasteiger partial charge in [-0.15, -0.1) is 0 Å². The Bertz CT molecular complexity index is 729. The molecule has 2 aromatic heterocycles. The van der Waals surface area contributed by atoms with Crippen LogP contribution in [0.1, 0.15) is 19.4 Å². The molecule has 0 N–H and O–H groups in total. The van der Waals surface area contributed by atoms with Gasteiger partial charge in [0.25, 0.3) is 5.88 Å². The quantitative estimate of drug-likeness (QED) is 0.729. The molecule has 0 saturated heterocycles. The van der Waals surface area contributed by atoms with E-state index in [0.29, 0.717) is 5.88 Å². The molecule has 0 fully saturated rings. The zero-order valence-corrected chi connectivity index (χ0v) is 11.9. The van der Waals surface area contributed by atoms with Crippen molar-refractivity contribution < 1.29 is 4.74 Å². The molecule has 102 valence electrons. The first-order valence-corrected chi connectivity index (χ1v) is 6.71. The molecule has 0 spiro atoms. The van der Waals surface area contributed by atoms with Gasteiger partial charge in [-0.05, 0) is 20.8 Å². The van der Waals surface area contributed by atoms with Crippen LogP contribution in [-0.4, -0.2) is 20.5 Å². The first-order chi connectivity index (χ1) is 9.63. The summed E-state index contributed by atoms with van der Waals surface area (Å²) < 4.78 is 7.65. The lowest BCUT2D eigenvalue weighted by Crippen LogP contribution is -2.08. The number of nitrogens with zero attached hydrogens (tertiary/aromatic N) is 3. The molecule has 0 atom stereocenters. The molecule has 0 bridgehead atoms. The van der Waals surface area contributed by atoms with E-state index in [4.69, 9.17) is 4.74 Å². The van der Waals surface area contributed by atoms with Crippen LogP contribution in [0.3, 0.4) is 0 Å². The minimum atomic E-state index is 0.0771.